The van der Waals surface area contributed by atoms with Crippen molar-refractivity contribution in [1.29, 1.82) is 0 Å². The Morgan fingerprint density at radius 3 is 2.52 bits per heavy atom. The summed E-state index contributed by atoms with van der Waals surface area (Å²) in [5.74, 6) is 0.869. The van der Waals surface area contributed by atoms with Crippen LogP contribution in [0.15, 0.2) is 48.2 Å². The molecular weight excluding hydrogens is 416 g/mol. The van der Waals surface area contributed by atoms with Gasteiger partial charge in [-0.3, -0.25) is 9.69 Å². The largest absolute Gasteiger partial charge is 0.493 e. The lowest BCUT2D eigenvalue weighted by Crippen LogP contribution is -2.41. The second-order valence-electron chi connectivity index (χ2n) is 7.78. The first-order valence-corrected chi connectivity index (χ1v) is 10.8. The van der Waals surface area contributed by atoms with Gasteiger partial charge in [0, 0.05) is 11.1 Å². The molecule has 1 saturated carbocycles. The van der Waals surface area contributed by atoms with Crippen molar-refractivity contribution in [2.75, 3.05) is 7.11 Å². The van der Waals surface area contributed by atoms with Crippen LogP contribution in [0.5, 0.6) is 11.5 Å². The maximum Gasteiger partial charge on any atom is 0.329 e. The van der Waals surface area contributed by atoms with E-state index in [9.17, 15) is 9.59 Å². The van der Waals surface area contributed by atoms with Crippen LogP contribution in [0.25, 0.3) is 6.08 Å². The van der Waals surface area contributed by atoms with Crippen molar-refractivity contribution in [3.8, 4) is 11.5 Å². The lowest BCUT2D eigenvalue weighted by molar-refractivity contribution is -0.124. The van der Waals surface area contributed by atoms with E-state index in [1.807, 2.05) is 30.3 Å². The van der Waals surface area contributed by atoms with Gasteiger partial charge < -0.3 is 14.8 Å². The Balaban J connectivity index is 1.48. The highest BCUT2D eigenvalue weighted by Gasteiger charge is 2.38. The smallest absolute Gasteiger partial charge is 0.329 e. The molecule has 0 aromatic heterocycles. The van der Waals surface area contributed by atoms with Crippen LogP contribution in [0.1, 0.15) is 43.2 Å². The molecule has 0 radical (unpaired) electrons. The molecule has 1 N–H and O–H groups in total. The standard InChI is InChI=1S/C24H25ClN2O4/c1-30-22-14-17(9-12-21(22)31-15-16-7-10-18(25)11-8-16)13-20-23(28)27(24(29)26-20)19-5-3-2-4-6-19/h7-14,19H,2-6,15H2,1H3,(H,26,29)/b20-13-. The van der Waals surface area contributed by atoms with Crippen molar-refractivity contribution in [3.05, 3.63) is 64.3 Å². The van der Waals surface area contributed by atoms with Gasteiger partial charge in [-0.25, -0.2) is 4.79 Å². The molecule has 1 aliphatic carbocycles. The number of carbonyl (C=O) groups excluding carboxylic acids is 2. The molecular formula is C24H25ClN2O4. The summed E-state index contributed by atoms with van der Waals surface area (Å²) >= 11 is 5.92. The van der Waals surface area contributed by atoms with Crippen LogP contribution in [0.4, 0.5) is 4.79 Å². The van der Waals surface area contributed by atoms with Crippen LogP contribution in [0, 0.1) is 0 Å². The molecule has 0 atom stereocenters. The summed E-state index contributed by atoms with van der Waals surface area (Å²) in [4.78, 5) is 26.6. The van der Waals surface area contributed by atoms with E-state index in [2.05, 4.69) is 5.32 Å². The Kier molecular flexibility index (Phi) is 6.47. The molecule has 31 heavy (non-hydrogen) atoms. The van der Waals surface area contributed by atoms with Gasteiger partial charge in [0.25, 0.3) is 5.91 Å². The van der Waals surface area contributed by atoms with Gasteiger partial charge in [-0.05, 0) is 54.3 Å². The summed E-state index contributed by atoms with van der Waals surface area (Å²) in [6.45, 7) is 0.374. The fourth-order valence-corrected chi connectivity index (χ4v) is 4.15. The van der Waals surface area contributed by atoms with E-state index in [1.165, 1.54) is 4.90 Å². The van der Waals surface area contributed by atoms with Crippen LogP contribution in [0.3, 0.4) is 0 Å². The highest BCUT2D eigenvalue weighted by Crippen LogP contribution is 2.31. The fourth-order valence-electron chi connectivity index (χ4n) is 4.02. The summed E-state index contributed by atoms with van der Waals surface area (Å²) < 4.78 is 11.3. The molecule has 6 nitrogen and oxygen atoms in total. The zero-order chi connectivity index (χ0) is 21.8. The Morgan fingerprint density at radius 2 is 1.81 bits per heavy atom. The third-order valence-corrected chi connectivity index (χ3v) is 5.91. The normalized spacial score (nSPS) is 18.4. The number of benzene rings is 2. The maximum absolute atomic E-state index is 12.8. The number of imide groups is 1. The lowest BCUT2D eigenvalue weighted by Gasteiger charge is -2.28. The highest BCUT2D eigenvalue weighted by atomic mass is 35.5. The van der Waals surface area contributed by atoms with Gasteiger partial charge in [-0.2, -0.15) is 0 Å². The minimum absolute atomic E-state index is 0.00895. The molecule has 2 aromatic carbocycles. The topological polar surface area (TPSA) is 67.9 Å². The number of hydrogen-bond acceptors (Lipinski definition) is 4. The van der Waals surface area contributed by atoms with Crippen LogP contribution in [-0.2, 0) is 11.4 Å². The molecule has 2 fully saturated rings. The molecule has 2 aliphatic rings. The van der Waals surface area contributed by atoms with Crippen LogP contribution >= 0.6 is 11.6 Å². The zero-order valence-electron chi connectivity index (χ0n) is 17.4. The number of halogens is 1. The van der Waals surface area contributed by atoms with Crippen molar-refractivity contribution < 1.29 is 19.1 Å². The average Bonchev–Trinajstić information content (AvgIpc) is 3.07. The number of hydrogen-bond donors (Lipinski definition) is 1. The van der Waals surface area contributed by atoms with Crippen LogP contribution < -0.4 is 14.8 Å². The number of rotatable bonds is 6. The Hall–Kier alpha value is -2.99. The van der Waals surface area contributed by atoms with Crippen LogP contribution in [-0.4, -0.2) is 30.0 Å². The fraction of sp³-hybridized carbons (Fsp3) is 0.333. The number of carbonyl (C=O) groups is 2. The Labute approximate surface area is 186 Å². The van der Waals surface area contributed by atoms with E-state index < -0.39 is 0 Å². The third-order valence-electron chi connectivity index (χ3n) is 5.66. The van der Waals surface area contributed by atoms with Crippen molar-refractivity contribution in [2.45, 2.75) is 44.8 Å². The van der Waals surface area contributed by atoms with Gasteiger partial charge in [0.05, 0.1) is 7.11 Å². The lowest BCUT2D eigenvalue weighted by atomic mass is 9.94. The van der Waals surface area contributed by atoms with Crippen molar-refractivity contribution in [2.24, 2.45) is 0 Å². The number of ether oxygens (including phenoxy) is 2. The molecule has 1 saturated heterocycles. The number of nitrogens with one attached hydrogen (secondary N) is 1. The predicted molar refractivity (Wildman–Crippen MR) is 119 cm³/mol. The van der Waals surface area contributed by atoms with E-state index in [4.69, 9.17) is 21.1 Å². The number of urea groups is 1. The Bertz CT molecular complexity index is 997. The molecule has 7 heteroatoms. The molecule has 1 heterocycles. The number of amides is 3. The monoisotopic (exact) mass is 440 g/mol. The van der Waals surface area contributed by atoms with Gasteiger partial charge in [-0.1, -0.05) is 49.1 Å². The molecule has 2 aromatic rings. The molecule has 0 bridgehead atoms. The first kappa shape index (κ1) is 21.2. The highest BCUT2D eigenvalue weighted by molar-refractivity contribution is 6.30. The molecule has 0 unspecified atom stereocenters. The maximum atomic E-state index is 12.8. The second kappa shape index (κ2) is 9.43. The van der Waals surface area contributed by atoms with Gasteiger partial charge in [-0.15, -0.1) is 0 Å². The molecule has 3 amide bonds. The van der Waals surface area contributed by atoms with E-state index in [-0.39, 0.29) is 23.7 Å². The SMILES string of the molecule is COc1cc(/C=C2\NC(=O)N(C3CCCCC3)C2=O)ccc1OCc1ccc(Cl)cc1. The number of nitrogens with zero attached hydrogens (tertiary/aromatic N) is 1. The summed E-state index contributed by atoms with van der Waals surface area (Å²) in [6, 6.07) is 12.5. The summed E-state index contributed by atoms with van der Waals surface area (Å²) in [6.07, 6.45) is 6.69. The third kappa shape index (κ3) is 4.85. The van der Waals surface area contributed by atoms with Gasteiger partial charge >= 0.3 is 6.03 Å². The predicted octanol–water partition coefficient (Wildman–Crippen LogP) is 5.15. The summed E-state index contributed by atoms with van der Waals surface area (Å²) in [5, 5.41) is 3.39. The van der Waals surface area contributed by atoms with Crippen molar-refractivity contribution in [3.63, 3.8) is 0 Å². The van der Waals surface area contributed by atoms with E-state index in [0.29, 0.717) is 23.1 Å². The molecule has 1 aliphatic heterocycles. The van der Waals surface area contributed by atoms with Gasteiger partial charge in [0.15, 0.2) is 11.5 Å². The van der Waals surface area contributed by atoms with Gasteiger partial charge in [0.1, 0.15) is 12.3 Å². The first-order valence-electron chi connectivity index (χ1n) is 10.5. The van der Waals surface area contributed by atoms with E-state index in [0.717, 1.165) is 43.2 Å². The molecule has 162 valence electrons. The van der Waals surface area contributed by atoms with Crippen molar-refractivity contribution >= 4 is 29.6 Å². The quantitative estimate of drug-likeness (QED) is 0.498. The van der Waals surface area contributed by atoms with Crippen molar-refractivity contribution in [1.82, 2.24) is 10.2 Å². The van der Waals surface area contributed by atoms with E-state index in [1.54, 1.807) is 25.3 Å². The first-order chi connectivity index (χ1) is 15.0. The zero-order valence-corrected chi connectivity index (χ0v) is 18.2. The molecule has 0 spiro atoms. The Morgan fingerprint density at radius 1 is 1.06 bits per heavy atom. The van der Waals surface area contributed by atoms with Crippen LogP contribution in [0.2, 0.25) is 5.02 Å². The van der Waals surface area contributed by atoms with Gasteiger partial charge in [0.2, 0.25) is 0 Å². The average molecular weight is 441 g/mol. The summed E-state index contributed by atoms with van der Waals surface area (Å²) in [7, 11) is 1.56. The number of methoxy groups -OCH3 is 1. The summed E-state index contributed by atoms with van der Waals surface area (Å²) in [5.41, 5.74) is 2.01. The minimum Gasteiger partial charge on any atom is -0.493 e. The minimum atomic E-state index is -0.335. The van der Waals surface area contributed by atoms with E-state index >= 15 is 0 Å². The molecule has 4 rings (SSSR count). The second-order valence-corrected chi connectivity index (χ2v) is 8.22.